The van der Waals surface area contributed by atoms with Gasteiger partial charge in [0.2, 0.25) is 0 Å². The summed E-state index contributed by atoms with van der Waals surface area (Å²) in [5.41, 5.74) is 1.17. The third kappa shape index (κ3) is 1.47. The Kier molecular flexibility index (Phi) is 2.31. The lowest BCUT2D eigenvalue weighted by Crippen LogP contribution is -1.72. The predicted molar refractivity (Wildman–Crippen MR) is 61.0 cm³/mol. The zero-order valence-corrected chi connectivity index (χ0v) is 9.30. The third-order valence-electron chi connectivity index (χ3n) is 2.22. The maximum Gasteiger partial charge on any atom is 0.0613 e. The Hall–Kier alpha value is -0.530. The van der Waals surface area contributed by atoms with Crippen molar-refractivity contribution in [1.82, 2.24) is 0 Å². The lowest BCUT2D eigenvalue weighted by atomic mass is 10.2. The number of hydrogen-bond acceptors (Lipinski definition) is 1. The van der Waals surface area contributed by atoms with E-state index in [4.69, 9.17) is 11.6 Å². The molecule has 1 aromatic carbocycles. The Morgan fingerprint density at radius 2 is 2.15 bits per heavy atom. The monoisotopic (exact) mass is 210 g/mol. The smallest absolute Gasteiger partial charge is 0.0613 e. The minimum Gasteiger partial charge on any atom is -0.139 e. The molecule has 0 saturated heterocycles. The number of rotatable bonds is 1. The summed E-state index contributed by atoms with van der Waals surface area (Å²) in [7, 11) is 0. The van der Waals surface area contributed by atoms with Crippen molar-refractivity contribution in [3.8, 4) is 0 Å². The summed E-state index contributed by atoms with van der Waals surface area (Å²) in [5, 5.41) is 2.19. The Labute approximate surface area is 87.2 Å². The van der Waals surface area contributed by atoms with Gasteiger partial charge in [0.05, 0.1) is 9.72 Å². The second kappa shape index (κ2) is 3.32. The summed E-state index contributed by atoms with van der Waals surface area (Å²) >= 11 is 8.01. The van der Waals surface area contributed by atoms with Gasteiger partial charge in [-0.2, -0.15) is 0 Å². The number of halogens is 1. The van der Waals surface area contributed by atoms with Crippen LogP contribution in [0.4, 0.5) is 0 Å². The molecule has 0 radical (unpaired) electrons. The van der Waals surface area contributed by atoms with Crippen molar-refractivity contribution in [3.63, 3.8) is 0 Å². The van der Waals surface area contributed by atoms with Crippen molar-refractivity contribution in [2.75, 3.05) is 0 Å². The van der Waals surface area contributed by atoms with Gasteiger partial charge in [0.15, 0.2) is 0 Å². The van der Waals surface area contributed by atoms with Crippen molar-refractivity contribution in [2.45, 2.75) is 20.3 Å². The fraction of sp³-hybridized carbons (Fsp3) is 0.273. The molecule has 0 amide bonds. The van der Waals surface area contributed by atoms with Crippen LogP contribution in [0.2, 0.25) is 5.02 Å². The van der Waals surface area contributed by atoms with Crippen molar-refractivity contribution in [3.05, 3.63) is 33.7 Å². The molecule has 0 fully saturated rings. The Morgan fingerprint density at radius 1 is 1.38 bits per heavy atom. The molecule has 0 aliphatic heterocycles. The molecule has 0 aliphatic rings. The first kappa shape index (κ1) is 9.04. The van der Waals surface area contributed by atoms with Gasteiger partial charge >= 0.3 is 0 Å². The van der Waals surface area contributed by atoms with Gasteiger partial charge in [-0.05, 0) is 30.4 Å². The molecule has 0 nitrogen and oxygen atoms in total. The van der Waals surface area contributed by atoms with E-state index < -0.39 is 0 Å². The third-order valence-corrected chi connectivity index (χ3v) is 4.13. The van der Waals surface area contributed by atoms with Crippen LogP contribution in [0, 0.1) is 6.92 Å². The van der Waals surface area contributed by atoms with Crippen LogP contribution in [-0.4, -0.2) is 0 Å². The molecule has 1 heterocycles. The van der Waals surface area contributed by atoms with Gasteiger partial charge in [-0.15, -0.1) is 11.3 Å². The van der Waals surface area contributed by atoms with E-state index in [0.29, 0.717) is 0 Å². The summed E-state index contributed by atoms with van der Waals surface area (Å²) in [6, 6.07) is 6.45. The fourth-order valence-electron chi connectivity index (χ4n) is 1.40. The molecule has 0 bridgehead atoms. The SMILES string of the molecule is CCc1cc2ccc(C)c(Cl)c2s1. The molecule has 0 N–H and O–H groups in total. The zero-order chi connectivity index (χ0) is 9.42. The van der Waals surface area contributed by atoms with Crippen molar-refractivity contribution >= 4 is 33.0 Å². The largest absolute Gasteiger partial charge is 0.139 e. The first-order chi connectivity index (χ1) is 6.22. The van der Waals surface area contributed by atoms with Crippen LogP contribution >= 0.6 is 22.9 Å². The van der Waals surface area contributed by atoms with E-state index in [1.165, 1.54) is 20.5 Å². The Balaban J connectivity index is 2.76. The van der Waals surface area contributed by atoms with Crippen LogP contribution in [0.25, 0.3) is 10.1 Å². The van der Waals surface area contributed by atoms with Gasteiger partial charge in [0.1, 0.15) is 0 Å². The molecule has 1 aromatic heterocycles. The van der Waals surface area contributed by atoms with Gasteiger partial charge in [-0.1, -0.05) is 30.7 Å². The van der Waals surface area contributed by atoms with Gasteiger partial charge in [0, 0.05) is 4.88 Å². The molecule has 0 saturated carbocycles. The molecule has 2 rings (SSSR count). The minimum absolute atomic E-state index is 0.919. The highest BCUT2D eigenvalue weighted by atomic mass is 35.5. The summed E-state index contributed by atoms with van der Waals surface area (Å²) in [6.45, 7) is 4.22. The average molecular weight is 211 g/mol. The van der Waals surface area contributed by atoms with E-state index in [9.17, 15) is 0 Å². The second-order valence-corrected chi connectivity index (χ2v) is 4.70. The standard InChI is InChI=1S/C11H11ClS/c1-3-9-6-8-5-4-7(2)10(12)11(8)13-9/h4-6H,3H2,1-2H3. The maximum absolute atomic E-state index is 6.21. The average Bonchev–Trinajstić information content (AvgIpc) is 2.55. The normalized spacial score (nSPS) is 11.0. The first-order valence-corrected chi connectivity index (χ1v) is 5.59. The van der Waals surface area contributed by atoms with Gasteiger partial charge < -0.3 is 0 Å². The van der Waals surface area contributed by atoms with Crippen molar-refractivity contribution in [2.24, 2.45) is 0 Å². The predicted octanol–water partition coefficient (Wildman–Crippen LogP) is 4.43. The molecule has 0 spiro atoms. The van der Waals surface area contributed by atoms with E-state index in [-0.39, 0.29) is 0 Å². The molecule has 68 valence electrons. The minimum atomic E-state index is 0.919. The molecular weight excluding hydrogens is 200 g/mol. The van der Waals surface area contributed by atoms with Crippen LogP contribution in [-0.2, 0) is 6.42 Å². The molecule has 0 atom stereocenters. The van der Waals surface area contributed by atoms with Crippen LogP contribution in [0.1, 0.15) is 17.4 Å². The topological polar surface area (TPSA) is 0 Å². The summed E-state index contributed by atoms with van der Waals surface area (Å²) in [6.07, 6.45) is 1.09. The summed E-state index contributed by atoms with van der Waals surface area (Å²) in [4.78, 5) is 1.41. The second-order valence-electron chi connectivity index (χ2n) is 3.18. The molecule has 2 aromatic rings. The highest BCUT2D eigenvalue weighted by Gasteiger charge is 2.05. The van der Waals surface area contributed by atoms with E-state index in [1.807, 2.05) is 6.92 Å². The van der Waals surface area contributed by atoms with Crippen molar-refractivity contribution in [1.29, 1.82) is 0 Å². The summed E-state index contributed by atoms with van der Waals surface area (Å²) < 4.78 is 1.23. The first-order valence-electron chi connectivity index (χ1n) is 4.40. The lowest BCUT2D eigenvalue weighted by Gasteiger charge is -1.96. The number of benzene rings is 1. The van der Waals surface area contributed by atoms with Crippen LogP contribution in [0.15, 0.2) is 18.2 Å². The van der Waals surface area contributed by atoms with E-state index in [0.717, 1.165) is 11.4 Å². The zero-order valence-electron chi connectivity index (χ0n) is 7.73. The van der Waals surface area contributed by atoms with E-state index in [1.54, 1.807) is 11.3 Å². The quantitative estimate of drug-likeness (QED) is 0.654. The van der Waals surface area contributed by atoms with Crippen LogP contribution in [0.5, 0.6) is 0 Å². The Morgan fingerprint density at radius 3 is 2.85 bits per heavy atom. The number of thiophene rings is 1. The molecular formula is C11H11ClS. The molecule has 13 heavy (non-hydrogen) atoms. The number of fused-ring (bicyclic) bond motifs is 1. The van der Waals surface area contributed by atoms with Crippen LogP contribution in [0.3, 0.4) is 0 Å². The van der Waals surface area contributed by atoms with Gasteiger partial charge in [0.25, 0.3) is 0 Å². The van der Waals surface area contributed by atoms with Crippen molar-refractivity contribution < 1.29 is 0 Å². The fourth-order valence-corrected chi connectivity index (χ4v) is 2.77. The molecule has 0 unspecified atom stereocenters. The van der Waals surface area contributed by atoms with E-state index >= 15 is 0 Å². The van der Waals surface area contributed by atoms with Crippen LogP contribution < -0.4 is 0 Å². The number of aryl methyl sites for hydroxylation is 2. The van der Waals surface area contributed by atoms with Gasteiger partial charge in [-0.25, -0.2) is 0 Å². The van der Waals surface area contributed by atoms with Gasteiger partial charge in [-0.3, -0.25) is 0 Å². The highest BCUT2D eigenvalue weighted by Crippen LogP contribution is 2.33. The lowest BCUT2D eigenvalue weighted by molar-refractivity contribution is 1.19. The molecule has 2 heteroatoms. The maximum atomic E-state index is 6.21. The van der Waals surface area contributed by atoms with E-state index in [2.05, 4.69) is 25.1 Å². The molecule has 0 aliphatic carbocycles. The Bertz CT molecular complexity index is 443. The number of hydrogen-bond donors (Lipinski definition) is 0. The summed E-state index contributed by atoms with van der Waals surface area (Å²) in [5.74, 6) is 0. The highest BCUT2D eigenvalue weighted by molar-refractivity contribution is 7.19.